The number of aromatic amines is 1. The van der Waals surface area contributed by atoms with Crippen molar-refractivity contribution in [3.63, 3.8) is 0 Å². The van der Waals surface area contributed by atoms with Gasteiger partial charge in [0.15, 0.2) is 5.69 Å². The Hall–Kier alpha value is -1.04. The fourth-order valence-electron chi connectivity index (χ4n) is 2.01. The Bertz CT molecular complexity index is 381. The minimum Gasteiger partial charge on any atom is -0.295 e. The van der Waals surface area contributed by atoms with Gasteiger partial charge < -0.3 is 0 Å². The van der Waals surface area contributed by atoms with Crippen LogP contribution in [0, 0.1) is 0 Å². The normalized spacial score (nSPS) is 17.9. The van der Waals surface area contributed by atoms with Crippen molar-refractivity contribution in [2.75, 3.05) is 6.54 Å². The van der Waals surface area contributed by atoms with Crippen molar-refractivity contribution in [1.29, 1.82) is 0 Å². The first-order chi connectivity index (χ1) is 7.39. The van der Waals surface area contributed by atoms with Crippen LogP contribution in [0.3, 0.4) is 0 Å². The molecule has 0 saturated heterocycles. The number of fused-ring (bicyclic) bond motifs is 1. The standard InChI is InChI=1S/C10H14F3N3/c1-6(2)16-4-3-7-8(5-16)14-15-9(7)10(11,12)13/h6H,3-5H2,1-2H3,(H,14,15). The molecule has 0 saturated carbocycles. The van der Waals surface area contributed by atoms with Gasteiger partial charge in [0, 0.05) is 24.7 Å². The molecule has 0 bridgehead atoms. The lowest BCUT2D eigenvalue weighted by Crippen LogP contribution is -2.36. The predicted molar refractivity (Wildman–Crippen MR) is 52.8 cm³/mol. The van der Waals surface area contributed by atoms with E-state index in [-0.39, 0.29) is 0 Å². The van der Waals surface area contributed by atoms with Crippen molar-refractivity contribution in [2.45, 2.75) is 39.0 Å². The number of hydrogen-bond acceptors (Lipinski definition) is 2. The van der Waals surface area contributed by atoms with Gasteiger partial charge in [-0.3, -0.25) is 10.00 Å². The Kier molecular flexibility index (Phi) is 2.69. The Morgan fingerprint density at radius 2 is 2.06 bits per heavy atom. The summed E-state index contributed by atoms with van der Waals surface area (Å²) in [5.41, 5.74) is 0.197. The molecule has 0 aromatic carbocycles. The van der Waals surface area contributed by atoms with E-state index in [9.17, 15) is 13.2 Å². The second-order valence-electron chi connectivity index (χ2n) is 4.34. The molecule has 1 aliphatic rings. The Morgan fingerprint density at radius 3 is 2.62 bits per heavy atom. The second kappa shape index (κ2) is 3.76. The summed E-state index contributed by atoms with van der Waals surface area (Å²) < 4.78 is 37.7. The van der Waals surface area contributed by atoms with Crippen molar-refractivity contribution in [3.05, 3.63) is 17.0 Å². The predicted octanol–water partition coefficient (Wildman–Crippen LogP) is 2.20. The van der Waals surface area contributed by atoms with Crippen molar-refractivity contribution >= 4 is 0 Å². The molecule has 0 fully saturated rings. The fourth-order valence-corrected chi connectivity index (χ4v) is 2.01. The lowest BCUT2D eigenvalue weighted by Gasteiger charge is -2.30. The van der Waals surface area contributed by atoms with Gasteiger partial charge in [-0.15, -0.1) is 0 Å². The van der Waals surface area contributed by atoms with E-state index >= 15 is 0 Å². The Morgan fingerprint density at radius 1 is 1.38 bits per heavy atom. The van der Waals surface area contributed by atoms with Crippen molar-refractivity contribution in [2.24, 2.45) is 0 Å². The maximum Gasteiger partial charge on any atom is 0.435 e. The molecule has 2 rings (SSSR count). The topological polar surface area (TPSA) is 31.9 Å². The van der Waals surface area contributed by atoms with Crippen LogP contribution in [0.5, 0.6) is 0 Å². The van der Waals surface area contributed by atoms with E-state index in [0.717, 1.165) is 0 Å². The molecule has 1 aromatic rings. The van der Waals surface area contributed by atoms with Gasteiger partial charge in [-0.05, 0) is 20.3 Å². The van der Waals surface area contributed by atoms with E-state index in [1.54, 1.807) is 0 Å². The minimum absolute atomic E-state index is 0.337. The van der Waals surface area contributed by atoms with Crippen LogP contribution in [0.4, 0.5) is 13.2 Å². The van der Waals surface area contributed by atoms with Gasteiger partial charge in [0.2, 0.25) is 0 Å². The number of halogens is 3. The summed E-state index contributed by atoms with van der Waals surface area (Å²) in [6.07, 6.45) is -3.93. The first kappa shape index (κ1) is 11.4. The summed E-state index contributed by atoms with van der Waals surface area (Å²) in [5, 5.41) is 5.89. The highest BCUT2D eigenvalue weighted by atomic mass is 19.4. The smallest absolute Gasteiger partial charge is 0.295 e. The minimum atomic E-state index is -4.34. The second-order valence-corrected chi connectivity index (χ2v) is 4.34. The molecule has 6 heteroatoms. The summed E-state index contributed by atoms with van der Waals surface area (Å²) in [4.78, 5) is 2.13. The van der Waals surface area contributed by atoms with Crippen molar-refractivity contribution < 1.29 is 13.2 Å². The Balaban J connectivity index is 2.27. The van der Waals surface area contributed by atoms with E-state index in [1.165, 1.54) is 0 Å². The zero-order valence-electron chi connectivity index (χ0n) is 9.23. The van der Waals surface area contributed by atoms with Crippen LogP contribution in [0.1, 0.15) is 30.8 Å². The highest BCUT2D eigenvalue weighted by Gasteiger charge is 2.39. The molecule has 2 heterocycles. The molecule has 0 spiro atoms. The first-order valence-electron chi connectivity index (χ1n) is 5.27. The summed E-state index contributed by atoms with van der Waals surface area (Å²) in [7, 11) is 0. The van der Waals surface area contributed by atoms with E-state index < -0.39 is 11.9 Å². The molecule has 0 amide bonds. The van der Waals surface area contributed by atoms with Crippen molar-refractivity contribution in [3.8, 4) is 0 Å². The van der Waals surface area contributed by atoms with Crippen LogP contribution in [0.25, 0.3) is 0 Å². The van der Waals surface area contributed by atoms with Gasteiger partial charge in [0.1, 0.15) is 0 Å². The average molecular weight is 233 g/mol. The number of alkyl halides is 3. The number of nitrogens with zero attached hydrogens (tertiary/aromatic N) is 2. The van der Waals surface area contributed by atoms with Crippen LogP contribution in [-0.4, -0.2) is 27.7 Å². The molecule has 3 nitrogen and oxygen atoms in total. The Labute approximate surface area is 91.6 Å². The molecule has 16 heavy (non-hydrogen) atoms. The van der Waals surface area contributed by atoms with E-state index in [0.29, 0.717) is 36.8 Å². The van der Waals surface area contributed by atoms with Gasteiger partial charge in [0.05, 0.1) is 5.69 Å². The monoisotopic (exact) mass is 233 g/mol. The van der Waals surface area contributed by atoms with E-state index in [4.69, 9.17) is 0 Å². The highest BCUT2D eigenvalue weighted by Crippen LogP contribution is 2.33. The third-order valence-corrected chi connectivity index (χ3v) is 2.96. The van der Waals surface area contributed by atoms with Gasteiger partial charge in [-0.2, -0.15) is 18.3 Å². The van der Waals surface area contributed by atoms with Crippen LogP contribution in [0.15, 0.2) is 0 Å². The van der Waals surface area contributed by atoms with Crippen LogP contribution >= 0.6 is 0 Å². The van der Waals surface area contributed by atoms with Gasteiger partial charge in [0.25, 0.3) is 0 Å². The molecule has 1 aliphatic heterocycles. The summed E-state index contributed by atoms with van der Waals surface area (Å²) in [5.74, 6) is 0. The third-order valence-electron chi connectivity index (χ3n) is 2.96. The summed E-state index contributed by atoms with van der Waals surface area (Å²) >= 11 is 0. The lowest BCUT2D eigenvalue weighted by molar-refractivity contribution is -0.141. The van der Waals surface area contributed by atoms with Gasteiger partial charge in [-0.1, -0.05) is 0 Å². The molecule has 0 radical (unpaired) electrons. The number of aromatic nitrogens is 2. The van der Waals surface area contributed by atoms with Crippen LogP contribution in [-0.2, 0) is 19.1 Å². The molecule has 0 atom stereocenters. The molecule has 1 N–H and O–H groups in total. The van der Waals surface area contributed by atoms with E-state index in [2.05, 4.69) is 15.1 Å². The van der Waals surface area contributed by atoms with Gasteiger partial charge in [-0.25, -0.2) is 0 Å². The molecule has 0 unspecified atom stereocenters. The van der Waals surface area contributed by atoms with Crippen molar-refractivity contribution in [1.82, 2.24) is 15.1 Å². The SMILES string of the molecule is CC(C)N1CCc2c(C(F)(F)F)n[nH]c2C1. The molecular weight excluding hydrogens is 219 g/mol. The maximum atomic E-state index is 12.6. The van der Waals surface area contributed by atoms with E-state index in [1.807, 2.05) is 13.8 Å². The fraction of sp³-hybridized carbons (Fsp3) is 0.700. The maximum absolute atomic E-state index is 12.6. The first-order valence-corrected chi connectivity index (χ1v) is 5.27. The average Bonchev–Trinajstić information content (AvgIpc) is 2.58. The van der Waals surface area contributed by atoms with Crippen LogP contribution in [0.2, 0.25) is 0 Å². The lowest BCUT2D eigenvalue weighted by atomic mass is 10.0. The highest BCUT2D eigenvalue weighted by molar-refractivity contribution is 5.29. The molecular formula is C10H14F3N3. The summed E-state index contributed by atoms with van der Waals surface area (Å²) in [6, 6.07) is 0.339. The van der Waals surface area contributed by atoms with Gasteiger partial charge >= 0.3 is 6.18 Å². The number of rotatable bonds is 1. The number of nitrogens with one attached hydrogen (secondary N) is 1. The quantitative estimate of drug-likeness (QED) is 0.806. The zero-order chi connectivity index (χ0) is 11.9. The molecule has 1 aromatic heterocycles. The zero-order valence-corrected chi connectivity index (χ0v) is 9.23. The largest absolute Gasteiger partial charge is 0.435 e. The third kappa shape index (κ3) is 1.93. The molecule has 90 valence electrons. The summed E-state index contributed by atoms with van der Waals surface area (Å²) in [6.45, 7) is 5.25. The number of H-pyrrole nitrogens is 1. The molecule has 0 aliphatic carbocycles. The van der Waals surface area contributed by atoms with Crippen LogP contribution < -0.4 is 0 Å². The number of hydrogen-bond donors (Lipinski definition) is 1.